The lowest BCUT2D eigenvalue weighted by molar-refractivity contribution is -0.790. The van der Waals surface area contributed by atoms with Gasteiger partial charge in [-0.05, 0) is 89.6 Å². The summed E-state index contributed by atoms with van der Waals surface area (Å²) in [5.41, 5.74) is 7.11. The molecule has 2 aliphatic heterocycles. The van der Waals surface area contributed by atoms with E-state index < -0.39 is 46.5 Å². The van der Waals surface area contributed by atoms with Gasteiger partial charge in [-0.3, -0.25) is 28.9 Å². The molecular formula is C40H44N4O10S2. The lowest BCUT2D eigenvalue weighted by atomic mass is 9.67. The second-order valence-corrected chi connectivity index (χ2v) is 18.2. The van der Waals surface area contributed by atoms with Crippen molar-refractivity contribution in [1.82, 2.24) is 5.43 Å². The molecule has 16 heteroatoms. The zero-order valence-corrected chi connectivity index (χ0v) is 33.0. The monoisotopic (exact) mass is 804 g/mol. The van der Waals surface area contributed by atoms with Crippen LogP contribution < -0.4 is 10.4 Å². The highest BCUT2D eigenvalue weighted by Gasteiger charge is 2.42. The van der Waals surface area contributed by atoms with Gasteiger partial charge < -0.3 is 5.21 Å². The van der Waals surface area contributed by atoms with E-state index in [1.54, 1.807) is 35.4 Å². The molecule has 3 aliphatic rings. The molecule has 2 heterocycles. The van der Waals surface area contributed by atoms with Crippen molar-refractivity contribution in [2.75, 3.05) is 24.6 Å². The highest BCUT2D eigenvalue weighted by Crippen LogP contribution is 2.48. The summed E-state index contributed by atoms with van der Waals surface area (Å²) in [7, 11) is -9.01. The highest BCUT2D eigenvalue weighted by atomic mass is 32.2. The van der Waals surface area contributed by atoms with Crippen molar-refractivity contribution >= 4 is 37.5 Å². The van der Waals surface area contributed by atoms with Gasteiger partial charge in [0.05, 0.1) is 26.9 Å². The minimum absolute atomic E-state index is 0.0148. The van der Waals surface area contributed by atoms with Crippen molar-refractivity contribution in [2.24, 2.45) is 0 Å². The number of rotatable bonds is 13. The van der Waals surface area contributed by atoms with Gasteiger partial charge in [-0.25, -0.2) is 10.2 Å². The van der Waals surface area contributed by atoms with Gasteiger partial charge in [-0.15, -0.1) is 0 Å². The molecular weight excluding hydrogens is 761 g/mol. The van der Waals surface area contributed by atoms with Crippen molar-refractivity contribution in [1.29, 1.82) is 0 Å². The van der Waals surface area contributed by atoms with E-state index in [9.17, 15) is 46.1 Å². The number of fused-ring (bicyclic) bond motifs is 2. The van der Waals surface area contributed by atoms with E-state index in [4.69, 9.17) is 0 Å². The maximum atomic E-state index is 13.1. The van der Waals surface area contributed by atoms with Crippen molar-refractivity contribution in [2.45, 2.75) is 73.5 Å². The van der Waals surface area contributed by atoms with Crippen LogP contribution in [0.25, 0.3) is 0 Å². The molecule has 1 amide bonds. The third-order valence-electron chi connectivity index (χ3n) is 11.0. The number of hydrogen-bond acceptors (Lipinski definition) is 10. The molecule has 0 fully saturated rings. The molecule has 3 aromatic carbocycles. The van der Waals surface area contributed by atoms with Crippen LogP contribution in [0.15, 0.2) is 118 Å². The summed E-state index contributed by atoms with van der Waals surface area (Å²) >= 11 is 0. The number of nitrogens with one attached hydrogen (secondary N) is 1. The van der Waals surface area contributed by atoms with Crippen LogP contribution in [0.4, 0.5) is 11.4 Å². The maximum Gasteiger partial charge on any atom is 0.338 e. The van der Waals surface area contributed by atoms with E-state index in [2.05, 4.69) is 11.5 Å². The molecule has 0 saturated heterocycles. The molecule has 0 aromatic heterocycles. The fraction of sp³-hybridized carbons (Fsp3) is 0.325. The molecule has 296 valence electrons. The summed E-state index contributed by atoms with van der Waals surface area (Å²) in [6, 6.07) is 15.3. The Bertz CT molecular complexity index is 2440. The van der Waals surface area contributed by atoms with E-state index in [0.717, 1.165) is 28.7 Å². The minimum atomic E-state index is -4.51. The third kappa shape index (κ3) is 8.04. The van der Waals surface area contributed by atoms with E-state index in [-0.39, 0.29) is 41.0 Å². The molecule has 2 unspecified atom stereocenters. The minimum Gasteiger partial charge on any atom is -0.625 e. The molecule has 0 spiro atoms. The fourth-order valence-electron chi connectivity index (χ4n) is 7.75. The average Bonchev–Trinajstić information content (AvgIpc) is 3.56. The summed E-state index contributed by atoms with van der Waals surface area (Å²) < 4.78 is 67.4. The number of aryl methyl sites for hydroxylation is 1. The van der Waals surface area contributed by atoms with Crippen LogP contribution in [0, 0.1) is 15.3 Å². The van der Waals surface area contributed by atoms with Crippen LogP contribution in [0.2, 0.25) is 0 Å². The van der Waals surface area contributed by atoms with Gasteiger partial charge in [0.2, 0.25) is 0 Å². The first-order chi connectivity index (χ1) is 26.1. The van der Waals surface area contributed by atoms with Gasteiger partial charge in [-0.2, -0.15) is 16.8 Å². The number of hydrazine groups is 1. The maximum absolute atomic E-state index is 13.1. The van der Waals surface area contributed by atoms with Crippen LogP contribution in [0.1, 0.15) is 68.7 Å². The van der Waals surface area contributed by atoms with E-state index in [0.29, 0.717) is 29.8 Å². The Morgan fingerprint density at radius 2 is 1.59 bits per heavy atom. The summed E-state index contributed by atoms with van der Waals surface area (Å²) in [6.07, 6.45) is 12.7. The van der Waals surface area contributed by atoms with Gasteiger partial charge in [0.25, 0.3) is 25.9 Å². The molecule has 3 N–H and O–H groups in total. The van der Waals surface area contributed by atoms with Gasteiger partial charge in [0.15, 0.2) is 0 Å². The van der Waals surface area contributed by atoms with Crippen LogP contribution in [-0.2, 0) is 42.3 Å². The normalized spacial score (nSPS) is 22.1. The molecule has 6 rings (SSSR count). The Morgan fingerprint density at radius 1 is 0.946 bits per heavy atom. The number of carbonyl (C=O) groups is 1. The van der Waals surface area contributed by atoms with E-state index in [1.165, 1.54) is 42.5 Å². The second kappa shape index (κ2) is 14.9. The van der Waals surface area contributed by atoms with Crippen LogP contribution >= 0.6 is 0 Å². The number of nitrogens with zero attached hydrogens (tertiary/aromatic N) is 3. The zero-order valence-electron chi connectivity index (χ0n) is 31.4. The number of carbonyl (C=O) groups excluding carboxylic acids is 1. The number of benzene rings is 3. The molecule has 14 nitrogen and oxygen atoms in total. The van der Waals surface area contributed by atoms with Crippen LogP contribution in [0.3, 0.4) is 0 Å². The van der Waals surface area contributed by atoms with Crippen molar-refractivity contribution < 1.29 is 40.3 Å². The first-order valence-corrected chi connectivity index (χ1v) is 20.9. The lowest BCUT2D eigenvalue weighted by Gasteiger charge is -2.37. The van der Waals surface area contributed by atoms with Gasteiger partial charge in [0.1, 0.15) is 13.1 Å². The predicted molar refractivity (Wildman–Crippen MR) is 211 cm³/mol. The number of amides is 1. The van der Waals surface area contributed by atoms with Crippen molar-refractivity contribution in [3.05, 3.63) is 146 Å². The second-order valence-electron chi connectivity index (χ2n) is 15.4. The number of anilines is 1. The number of quaternary nitrogens is 1. The lowest BCUT2D eigenvalue weighted by Crippen LogP contribution is -2.50. The van der Waals surface area contributed by atoms with E-state index >= 15 is 0 Å². The first kappa shape index (κ1) is 40.8. The Morgan fingerprint density at radius 3 is 2.20 bits per heavy atom. The van der Waals surface area contributed by atoms with E-state index in [1.807, 2.05) is 45.9 Å². The zero-order chi connectivity index (χ0) is 40.8. The summed E-state index contributed by atoms with van der Waals surface area (Å²) in [6.45, 7) is 7.81. The van der Waals surface area contributed by atoms with Gasteiger partial charge >= 0.3 is 5.91 Å². The summed E-state index contributed by atoms with van der Waals surface area (Å²) in [5.74, 6) is -0.669. The number of nitro benzene ring substituents is 1. The summed E-state index contributed by atoms with van der Waals surface area (Å²) in [4.78, 5) is 22.4. The van der Waals surface area contributed by atoms with Crippen LogP contribution in [0.5, 0.6) is 0 Å². The predicted octanol–water partition coefficient (Wildman–Crippen LogP) is 6.57. The number of allylic oxidation sites excluding steroid dienone is 6. The smallest absolute Gasteiger partial charge is 0.338 e. The fourth-order valence-corrected chi connectivity index (χ4v) is 8.77. The van der Waals surface area contributed by atoms with Gasteiger partial charge in [0, 0.05) is 40.7 Å². The number of hydroxylamine groups is 3. The Balaban J connectivity index is 1.34. The largest absolute Gasteiger partial charge is 0.625 e. The molecule has 56 heavy (non-hydrogen) atoms. The Kier molecular flexibility index (Phi) is 10.9. The molecule has 1 aliphatic carbocycles. The molecule has 0 bridgehead atoms. The first-order valence-electron chi connectivity index (χ1n) is 18.0. The quantitative estimate of drug-likeness (QED) is 0.0552. The van der Waals surface area contributed by atoms with Crippen molar-refractivity contribution in [3.8, 4) is 0 Å². The number of hydrogen-bond donors (Lipinski definition) is 3. The summed E-state index contributed by atoms with van der Waals surface area (Å²) in [5, 5.41) is 25.9. The molecule has 0 saturated carbocycles. The molecule has 3 aromatic rings. The van der Waals surface area contributed by atoms with Crippen LogP contribution in [-0.4, -0.2) is 61.1 Å². The molecule has 0 radical (unpaired) electrons. The third-order valence-corrected chi connectivity index (χ3v) is 12.7. The average molecular weight is 805 g/mol. The van der Waals surface area contributed by atoms with Gasteiger partial charge in [-0.1, -0.05) is 64.1 Å². The highest BCUT2D eigenvalue weighted by molar-refractivity contribution is 7.86. The SMILES string of the molecule is CC1(C)C(/C=C/C=C2/N(NCC[N+]3([O-])CC=CC3=O)c3ccc(S(=O)(=O)O)cc3C2(C)C)=CC(CCCc2ccc([N+](=O)[O-])cc2)c2ccc(S(=O)(=O)O)cc21. The number of non-ortho nitro benzene ring substituents is 1. The topological polar surface area (TPSA) is 207 Å². The Labute approximate surface area is 326 Å². The molecule has 2 atom stereocenters. The number of nitro groups is 1. The van der Waals surface area contributed by atoms with Crippen molar-refractivity contribution in [3.63, 3.8) is 0 Å². The Hall–Kier alpha value is -4.81. The standard InChI is InChI=1S/C40H44N4O10S2/c1-39(2)29(24-28(33-19-17-31(25-34(33)39)55(49,50)51)9-5-8-27-13-15-30(16-14-27)43(46)47)10-6-11-37-40(3,4)35-26-32(56(52,53)54)18-20-36(35)42(37)41-21-23-44(48)22-7-12-38(44)45/h6-7,10-20,24-26,28,41H,5,8-9,21-23H2,1-4H3,(H,49,50,51)(H,52,53,54)/b10-6+,37-11+.